The second-order valence-electron chi connectivity index (χ2n) is 17.3. The lowest BCUT2D eigenvalue weighted by atomic mass is 9.36. The molecule has 5 aliphatic rings. The van der Waals surface area contributed by atoms with Crippen molar-refractivity contribution >= 4 is 18.1 Å². The van der Waals surface area contributed by atoms with E-state index >= 15 is 0 Å². The van der Waals surface area contributed by atoms with E-state index < -0.39 is 0 Å². The summed E-state index contributed by atoms with van der Waals surface area (Å²) in [5, 5.41) is 6.26. The number of hydrogen-bond donors (Lipinski definition) is 2. The highest BCUT2D eigenvalue weighted by molar-refractivity contribution is 5.94. The van der Waals surface area contributed by atoms with E-state index in [1.165, 1.54) is 64.2 Å². The van der Waals surface area contributed by atoms with Crippen LogP contribution in [0.5, 0.6) is 0 Å². The number of aldehydes is 1. The van der Waals surface area contributed by atoms with E-state index in [9.17, 15) is 14.4 Å². The molecule has 8 unspecified atom stereocenters. The van der Waals surface area contributed by atoms with Crippen molar-refractivity contribution in [2.75, 3.05) is 6.54 Å². The fourth-order valence-corrected chi connectivity index (χ4v) is 12.9. The fourth-order valence-electron chi connectivity index (χ4n) is 12.9. The van der Waals surface area contributed by atoms with Crippen LogP contribution in [-0.4, -0.2) is 24.6 Å². The molecule has 2 amide bonds. The number of hydrogen-bond acceptors (Lipinski definition) is 4. The first kappa shape index (κ1) is 32.6. The normalized spacial score (nSPS) is 37.1. The number of furan rings is 1. The van der Waals surface area contributed by atoms with E-state index in [0.717, 1.165) is 36.2 Å². The second kappa shape index (κ2) is 12.2. The quantitative estimate of drug-likeness (QED) is 0.283. The summed E-state index contributed by atoms with van der Waals surface area (Å²) < 4.78 is 5.36. The number of nitrogens with one attached hydrogen (secondary N) is 2. The first-order valence-electron chi connectivity index (χ1n) is 18.7. The molecule has 0 spiro atoms. The molecule has 0 saturated heterocycles. The van der Waals surface area contributed by atoms with Gasteiger partial charge in [-0.2, -0.15) is 0 Å². The number of benzene rings is 1. The molecule has 6 heteroatoms. The Morgan fingerprint density at radius 2 is 1.68 bits per heavy atom. The highest BCUT2D eigenvalue weighted by Gasteiger charge is 2.66. The largest absolute Gasteiger partial charge is 0.456 e. The Hall–Kier alpha value is -2.89. The van der Waals surface area contributed by atoms with Gasteiger partial charge in [0.05, 0.1) is 12.0 Å². The first-order chi connectivity index (χ1) is 22.5. The summed E-state index contributed by atoms with van der Waals surface area (Å²) >= 11 is 0. The summed E-state index contributed by atoms with van der Waals surface area (Å²) in [6.45, 7) is 11.3. The maximum atomic E-state index is 14.2. The summed E-state index contributed by atoms with van der Waals surface area (Å²) in [4.78, 5) is 37.8. The highest BCUT2D eigenvalue weighted by atomic mass is 16.3. The summed E-state index contributed by atoms with van der Waals surface area (Å²) in [5.74, 6) is 4.55. The zero-order chi connectivity index (χ0) is 33.0. The van der Waals surface area contributed by atoms with E-state index in [1.54, 1.807) is 18.2 Å². The average molecular weight is 641 g/mol. The van der Waals surface area contributed by atoms with Crippen molar-refractivity contribution < 1.29 is 18.8 Å². The fraction of sp³-hybridized carbons (Fsp3) is 0.683. The molecule has 0 radical (unpaired) electrons. The van der Waals surface area contributed by atoms with Gasteiger partial charge in [0.1, 0.15) is 5.76 Å². The third-order valence-corrected chi connectivity index (χ3v) is 14.8. The highest BCUT2D eigenvalue weighted by Crippen LogP contribution is 2.73. The number of carbonyl (C=O) groups excluding carboxylic acids is 3. The van der Waals surface area contributed by atoms with Crippen molar-refractivity contribution in [2.45, 2.75) is 118 Å². The lowest BCUT2D eigenvalue weighted by Gasteiger charge is -2.68. The van der Waals surface area contributed by atoms with Crippen LogP contribution in [0.1, 0.15) is 137 Å². The van der Waals surface area contributed by atoms with Crippen molar-refractivity contribution in [3.63, 3.8) is 0 Å². The van der Waals surface area contributed by atoms with Crippen LogP contribution in [0.3, 0.4) is 0 Å². The molecule has 1 aromatic carbocycles. The van der Waals surface area contributed by atoms with Gasteiger partial charge in [0, 0.05) is 12.1 Å². The van der Waals surface area contributed by atoms with Crippen LogP contribution >= 0.6 is 0 Å². The van der Waals surface area contributed by atoms with Gasteiger partial charge in [-0.1, -0.05) is 52.7 Å². The maximum Gasteiger partial charge on any atom is 0.251 e. The standard InChI is InChI=1S/C41H56N2O4/c1-38(2)18-7-19-40(4)34(38)16-21-39(3)32-15-22-41(20-6-10-33(41)31(32)13-14-35(39)40)37(46)42-23-17-27-8-5-9-28(24-27)36(45)43-25-29-11-12-30(26-44)47-29/h5,8-9,11-12,24,26,31-35H,6-7,10,13-23,25H2,1-4H3,(H,42,46)(H,43,45). The topological polar surface area (TPSA) is 88.4 Å². The molecular formula is C41H56N2O4. The number of carbonyl (C=O) groups is 3. The third-order valence-electron chi connectivity index (χ3n) is 14.8. The Bertz CT molecular complexity index is 1510. The van der Waals surface area contributed by atoms with Crippen molar-refractivity contribution in [1.82, 2.24) is 10.6 Å². The zero-order valence-electron chi connectivity index (χ0n) is 29.2. The molecule has 6 nitrogen and oxygen atoms in total. The number of amides is 2. The Kier molecular flexibility index (Phi) is 8.48. The molecule has 1 heterocycles. The molecule has 47 heavy (non-hydrogen) atoms. The first-order valence-corrected chi connectivity index (χ1v) is 18.7. The van der Waals surface area contributed by atoms with Crippen LogP contribution in [0.4, 0.5) is 0 Å². The Morgan fingerprint density at radius 1 is 0.830 bits per heavy atom. The smallest absolute Gasteiger partial charge is 0.251 e. The SMILES string of the molecule is CC1(C)CCCC2(C)C1CCC1(C)C3CCC4(C(=O)NCCc5cccc(C(=O)NCc6ccc(C=O)o6)c5)CCCC4C3CCC12. The van der Waals surface area contributed by atoms with Crippen LogP contribution in [0.25, 0.3) is 0 Å². The summed E-state index contributed by atoms with van der Waals surface area (Å²) in [6, 6.07) is 10.9. The molecule has 0 bridgehead atoms. The van der Waals surface area contributed by atoms with Gasteiger partial charge >= 0.3 is 0 Å². The lowest BCUT2D eigenvalue weighted by Crippen LogP contribution is -2.62. The van der Waals surface area contributed by atoms with E-state index in [0.29, 0.717) is 58.7 Å². The molecule has 5 aliphatic carbocycles. The van der Waals surface area contributed by atoms with Gasteiger partial charge in [-0.15, -0.1) is 0 Å². The monoisotopic (exact) mass is 640 g/mol. The molecule has 8 atom stereocenters. The lowest BCUT2D eigenvalue weighted by molar-refractivity contribution is -0.196. The molecule has 1 aromatic heterocycles. The van der Waals surface area contributed by atoms with Gasteiger partial charge in [0.2, 0.25) is 5.91 Å². The minimum Gasteiger partial charge on any atom is -0.456 e. The van der Waals surface area contributed by atoms with Gasteiger partial charge in [-0.25, -0.2) is 0 Å². The number of fused-ring (bicyclic) bond motifs is 7. The summed E-state index contributed by atoms with van der Waals surface area (Å²) in [7, 11) is 0. The van der Waals surface area contributed by atoms with Crippen LogP contribution in [-0.2, 0) is 17.8 Å². The molecule has 0 aliphatic heterocycles. The summed E-state index contributed by atoms with van der Waals surface area (Å²) in [5.41, 5.74) is 2.76. The Morgan fingerprint density at radius 3 is 2.49 bits per heavy atom. The van der Waals surface area contributed by atoms with Gasteiger partial charge in [-0.05, 0) is 146 Å². The van der Waals surface area contributed by atoms with E-state index in [2.05, 4.69) is 38.3 Å². The minimum absolute atomic E-state index is 0.192. The van der Waals surface area contributed by atoms with E-state index in [4.69, 9.17) is 4.42 Å². The molecule has 2 N–H and O–H groups in total. The van der Waals surface area contributed by atoms with Crippen molar-refractivity contribution in [1.29, 1.82) is 0 Å². The third kappa shape index (κ3) is 5.50. The molecule has 5 fully saturated rings. The van der Waals surface area contributed by atoms with Crippen molar-refractivity contribution in [3.05, 3.63) is 59.0 Å². The van der Waals surface area contributed by atoms with Crippen LogP contribution < -0.4 is 10.6 Å². The van der Waals surface area contributed by atoms with E-state index in [1.807, 2.05) is 18.2 Å². The van der Waals surface area contributed by atoms with Gasteiger partial charge < -0.3 is 15.1 Å². The second-order valence-corrected chi connectivity index (χ2v) is 17.3. The number of rotatable bonds is 8. The van der Waals surface area contributed by atoms with E-state index in [-0.39, 0.29) is 29.5 Å². The van der Waals surface area contributed by atoms with Crippen LogP contribution in [0.15, 0.2) is 40.8 Å². The summed E-state index contributed by atoms with van der Waals surface area (Å²) in [6.07, 6.45) is 16.7. The Labute approximate surface area is 281 Å². The van der Waals surface area contributed by atoms with Crippen molar-refractivity contribution in [2.24, 2.45) is 51.2 Å². The van der Waals surface area contributed by atoms with Crippen LogP contribution in [0, 0.1) is 51.2 Å². The molecule has 7 rings (SSSR count). The average Bonchev–Trinajstić information content (AvgIpc) is 3.71. The van der Waals surface area contributed by atoms with Gasteiger partial charge in [-0.3, -0.25) is 14.4 Å². The molecular weight excluding hydrogens is 584 g/mol. The predicted molar refractivity (Wildman–Crippen MR) is 184 cm³/mol. The Balaban J connectivity index is 0.978. The minimum atomic E-state index is -0.199. The maximum absolute atomic E-state index is 14.2. The molecule has 254 valence electrons. The van der Waals surface area contributed by atoms with Gasteiger partial charge in [0.15, 0.2) is 12.0 Å². The predicted octanol–water partition coefficient (Wildman–Crippen LogP) is 8.54. The zero-order valence-corrected chi connectivity index (χ0v) is 29.2. The van der Waals surface area contributed by atoms with Gasteiger partial charge in [0.25, 0.3) is 5.91 Å². The molecule has 5 saturated carbocycles. The van der Waals surface area contributed by atoms with Crippen molar-refractivity contribution in [3.8, 4) is 0 Å². The van der Waals surface area contributed by atoms with Crippen LogP contribution in [0.2, 0.25) is 0 Å². The molecule has 2 aromatic rings.